The normalized spacial score (nSPS) is 23.0. The molecule has 4 rings (SSSR count). The summed E-state index contributed by atoms with van der Waals surface area (Å²) in [5.41, 5.74) is 0.838. The third-order valence-corrected chi connectivity index (χ3v) is 8.07. The first-order valence-corrected chi connectivity index (χ1v) is 12.3. The first kappa shape index (κ1) is 23.2. The van der Waals surface area contributed by atoms with Gasteiger partial charge in [0.15, 0.2) is 9.84 Å². The molecule has 2 heterocycles. The van der Waals surface area contributed by atoms with Gasteiger partial charge in [-0.3, -0.25) is 14.5 Å². The minimum Gasteiger partial charge on any atom is -0.435 e. The van der Waals surface area contributed by atoms with Crippen LogP contribution in [0.1, 0.15) is 36.7 Å². The van der Waals surface area contributed by atoms with Crippen molar-refractivity contribution in [3.63, 3.8) is 0 Å². The van der Waals surface area contributed by atoms with E-state index in [-0.39, 0.29) is 29.1 Å². The van der Waals surface area contributed by atoms with E-state index >= 15 is 0 Å². The summed E-state index contributed by atoms with van der Waals surface area (Å²) < 4.78 is 53.4. The number of benzene rings is 2. The third-order valence-electron chi connectivity index (χ3n) is 6.17. The SMILES string of the molecule is C[C@H]1CS(=O)(=O)C[C@H]1NC(=O)c1ccc2c(c1)C(C)(C)C(=O)N2c1cccc(OC(F)F)c1. The molecule has 2 aliphatic rings. The molecule has 0 unspecified atom stereocenters. The number of anilines is 2. The van der Waals surface area contributed by atoms with Crippen LogP contribution in [-0.4, -0.2) is 44.4 Å². The van der Waals surface area contributed by atoms with Crippen molar-refractivity contribution in [2.75, 3.05) is 16.4 Å². The van der Waals surface area contributed by atoms with E-state index in [0.717, 1.165) is 0 Å². The molecular formula is C23H24F2N2O5S. The Balaban J connectivity index is 1.65. The number of amides is 2. The molecule has 2 aromatic rings. The largest absolute Gasteiger partial charge is 0.435 e. The fourth-order valence-electron chi connectivity index (χ4n) is 4.39. The van der Waals surface area contributed by atoms with Crippen molar-refractivity contribution in [1.82, 2.24) is 5.32 Å². The number of nitrogens with zero attached hydrogens (tertiary/aromatic N) is 1. The van der Waals surface area contributed by atoms with Gasteiger partial charge in [-0.05, 0) is 55.7 Å². The number of hydrogen-bond acceptors (Lipinski definition) is 5. The standard InChI is InChI=1S/C23H24F2N2O5S/c1-13-11-33(30,31)12-18(13)26-20(28)14-7-8-19-17(9-14)23(2,3)21(29)27(19)15-5-4-6-16(10-15)32-22(24)25/h4-10,13,18,22H,11-12H2,1-3H3,(H,26,28)/t13-,18+/m0/s1. The molecule has 2 aliphatic heterocycles. The minimum atomic E-state index is -3.18. The van der Waals surface area contributed by atoms with Gasteiger partial charge in [-0.25, -0.2) is 8.42 Å². The highest BCUT2D eigenvalue weighted by Gasteiger charge is 2.45. The molecule has 10 heteroatoms. The number of ether oxygens (including phenoxy) is 1. The summed E-state index contributed by atoms with van der Waals surface area (Å²) in [5, 5.41) is 2.79. The van der Waals surface area contributed by atoms with Crippen LogP contribution in [0.15, 0.2) is 42.5 Å². The van der Waals surface area contributed by atoms with Gasteiger partial charge in [0.05, 0.1) is 28.3 Å². The number of fused-ring (bicyclic) bond motifs is 1. The number of hydrogen-bond donors (Lipinski definition) is 1. The Hall–Kier alpha value is -3.01. The van der Waals surface area contributed by atoms with Gasteiger partial charge in [-0.15, -0.1) is 0 Å². The van der Waals surface area contributed by atoms with Crippen LogP contribution in [0.25, 0.3) is 0 Å². The van der Waals surface area contributed by atoms with Crippen LogP contribution in [0.5, 0.6) is 5.75 Å². The Morgan fingerprint density at radius 2 is 1.91 bits per heavy atom. The topological polar surface area (TPSA) is 92.8 Å². The average molecular weight is 479 g/mol. The lowest BCUT2D eigenvalue weighted by molar-refractivity contribution is -0.121. The number of sulfone groups is 1. The predicted octanol–water partition coefficient (Wildman–Crippen LogP) is 3.41. The molecular weight excluding hydrogens is 454 g/mol. The number of carbonyl (C=O) groups excluding carboxylic acids is 2. The summed E-state index contributed by atoms with van der Waals surface area (Å²) >= 11 is 0. The Morgan fingerprint density at radius 1 is 1.18 bits per heavy atom. The van der Waals surface area contributed by atoms with Crippen molar-refractivity contribution in [2.45, 2.75) is 38.8 Å². The van der Waals surface area contributed by atoms with Crippen LogP contribution >= 0.6 is 0 Å². The van der Waals surface area contributed by atoms with Crippen molar-refractivity contribution in [3.8, 4) is 5.75 Å². The zero-order valence-electron chi connectivity index (χ0n) is 18.3. The molecule has 0 radical (unpaired) electrons. The molecule has 0 saturated carbocycles. The Kier molecular flexibility index (Phi) is 5.68. The van der Waals surface area contributed by atoms with E-state index in [1.165, 1.54) is 23.1 Å². The van der Waals surface area contributed by atoms with Crippen molar-refractivity contribution in [3.05, 3.63) is 53.6 Å². The first-order chi connectivity index (χ1) is 15.4. The van der Waals surface area contributed by atoms with Crippen LogP contribution in [0, 0.1) is 5.92 Å². The lowest BCUT2D eigenvalue weighted by atomic mass is 9.85. The molecule has 1 saturated heterocycles. The van der Waals surface area contributed by atoms with Crippen LogP contribution in [-0.2, 0) is 20.0 Å². The number of halogens is 2. The number of nitrogens with one attached hydrogen (secondary N) is 1. The molecule has 2 amide bonds. The van der Waals surface area contributed by atoms with Gasteiger partial charge >= 0.3 is 6.61 Å². The molecule has 1 N–H and O–H groups in total. The third kappa shape index (κ3) is 4.31. The van der Waals surface area contributed by atoms with Crippen molar-refractivity contribution >= 4 is 33.0 Å². The highest BCUT2D eigenvalue weighted by Crippen LogP contribution is 2.46. The smallest absolute Gasteiger partial charge is 0.387 e. The zero-order chi connectivity index (χ0) is 24.1. The van der Waals surface area contributed by atoms with Crippen LogP contribution < -0.4 is 15.0 Å². The monoisotopic (exact) mass is 478 g/mol. The van der Waals surface area contributed by atoms with Gasteiger partial charge in [0.2, 0.25) is 5.91 Å². The lowest BCUT2D eigenvalue weighted by Crippen LogP contribution is -2.39. The fraction of sp³-hybridized carbons (Fsp3) is 0.391. The highest BCUT2D eigenvalue weighted by molar-refractivity contribution is 7.91. The molecule has 1 fully saturated rings. The number of carbonyl (C=O) groups is 2. The van der Waals surface area contributed by atoms with Crippen molar-refractivity contribution in [2.24, 2.45) is 5.92 Å². The van der Waals surface area contributed by atoms with E-state index in [0.29, 0.717) is 22.5 Å². The molecule has 2 atom stereocenters. The molecule has 2 aromatic carbocycles. The summed E-state index contributed by atoms with van der Waals surface area (Å²) in [6, 6.07) is 10.2. The number of alkyl halides is 2. The van der Waals surface area contributed by atoms with E-state index < -0.39 is 33.8 Å². The maximum Gasteiger partial charge on any atom is 0.387 e. The van der Waals surface area contributed by atoms with Crippen molar-refractivity contribution < 1.29 is 31.5 Å². The molecule has 0 aromatic heterocycles. The maximum absolute atomic E-state index is 13.3. The quantitative estimate of drug-likeness (QED) is 0.711. The van der Waals surface area contributed by atoms with Crippen LogP contribution in [0.4, 0.5) is 20.2 Å². The molecule has 7 nitrogen and oxygen atoms in total. The van der Waals surface area contributed by atoms with Gasteiger partial charge in [-0.2, -0.15) is 8.78 Å². The summed E-state index contributed by atoms with van der Waals surface area (Å²) in [4.78, 5) is 27.5. The predicted molar refractivity (Wildman–Crippen MR) is 119 cm³/mol. The average Bonchev–Trinajstić information content (AvgIpc) is 3.09. The second-order valence-electron chi connectivity index (χ2n) is 9.01. The molecule has 33 heavy (non-hydrogen) atoms. The van der Waals surface area contributed by atoms with Gasteiger partial charge in [0, 0.05) is 17.7 Å². The zero-order valence-corrected chi connectivity index (χ0v) is 19.2. The Bertz CT molecular complexity index is 1230. The van der Waals surface area contributed by atoms with Crippen LogP contribution in [0.2, 0.25) is 0 Å². The summed E-state index contributed by atoms with van der Waals surface area (Å²) in [6.07, 6.45) is 0. The van der Waals surface area contributed by atoms with E-state index in [9.17, 15) is 26.8 Å². The summed E-state index contributed by atoms with van der Waals surface area (Å²) in [6.45, 7) is 2.24. The fourth-order valence-corrected chi connectivity index (χ4v) is 6.52. The Morgan fingerprint density at radius 3 is 2.55 bits per heavy atom. The lowest BCUT2D eigenvalue weighted by Gasteiger charge is -2.21. The first-order valence-electron chi connectivity index (χ1n) is 10.4. The second kappa shape index (κ2) is 8.09. The minimum absolute atomic E-state index is 0.0347. The highest BCUT2D eigenvalue weighted by atomic mass is 32.2. The molecule has 0 bridgehead atoms. The van der Waals surface area contributed by atoms with E-state index in [4.69, 9.17) is 0 Å². The van der Waals surface area contributed by atoms with Crippen molar-refractivity contribution in [1.29, 1.82) is 0 Å². The number of rotatable bonds is 5. The van der Waals surface area contributed by atoms with Gasteiger partial charge in [0.1, 0.15) is 5.75 Å². The van der Waals surface area contributed by atoms with Gasteiger partial charge in [-0.1, -0.05) is 13.0 Å². The molecule has 176 valence electrons. The van der Waals surface area contributed by atoms with Gasteiger partial charge < -0.3 is 10.1 Å². The molecule has 0 aliphatic carbocycles. The summed E-state index contributed by atoms with van der Waals surface area (Å²) in [5.74, 6) is -1.02. The van der Waals surface area contributed by atoms with Crippen LogP contribution in [0.3, 0.4) is 0 Å². The Labute approximate surface area is 190 Å². The van der Waals surface area contributed by atoms with Gasteiger partial charge in [0.25, 0.3) is 5.91 Å². The molecule has 0 spiro atoms. The van der Waals surface area contributed by atoms with E-state index in [1.54, 1.807) is 45.0 Å². The summed E-state index contributed by atoms with van der Waals surface area (Å²) in [7, 11) is -3.18. The maximum atomic E-state index is 13.3. The van der Waals surface area contributed by atoms with E-state index in [2.05, 4.69) is 10.1 Å². The second-order valence-corrected chi connectivity index (χ2v) is 11.2. The van der Waals surface area contributed by atoms with E-state index in [1.807, 2.05) is 0 Å².